The number of ether oxygens (including phenoxy) is 1. The zero-order valence-corrected chi connectivity index (χ0v) is 11.3. The summed E-state index contributed by atoms with van der Waals surface area (Å²) < 4.78 is 7.47. The molecule has 5 nitrogen and oxygen atoms in total. The smallest absolute Gasteiger partial charge is 0.249 e. The predicted octanol–water partition coefficient (Wildman–Crippen LogP) is 2.47. The van der Waals surface area contributed by atoms with E-state index >= 15 is 0 Å². The van der Waals surface area contributed by atoms with Crippen LogP contribution < -0.4 is 4.74 Å². The lowest BCUT2D eigenvalue weighted by Gasteiger charge is -2.08. The Bertz CT molecular complexity index is 780. The predicted molar refractivity (Wildman–Crippen MR) is 77.9 cm³/mol. The lowest BCUT2D eigenvalue weighted by atomic mass is 10.1. The van der Waals surface area contributed by atoms with Gasteiger partial charge in [0.05, 0.1) is 0 Å². The Morgan fingerprint density at radius 3 is 2.81 bits per heavy atom. The lowest BCUT2D eigenvalue weighted by Crippen LogP contribution is -1.97. The van der Waals surface area contributed by atoms with Crippen LogP contribution in [0.1, 0.15) is 16.1 Å². The topological polar surface area (TPSA) is 63.8 Å². The number of aliphatic hydroxyl groups is 1. The minimum atomic E-state index is 0.0338. The highest BCUT2D eigenvalue weighted by Crippen LogP contribution is 2.27. The Labute approximate surface area is 121 Å². The number of fused-ring (bicyclic) bond motifs is 1. The van der Waals surface area contributed by atoms with E-state index in [4.69, 9.17) is 9.84 Å². The maximum atomic E-state index is 11.3. The number of carbonyl (C=O) groups is 1. The summed E-state index contributed by atoms with van der Waals surface area (Å²) in [7, 11) is 0. The zero-order chi connectivity index (χ0) is 14.7. The summed E-state index contributed by atoms with van der Waals surface area (Å²) in [6.07, 6.45) is 2.97. The van der Waals surface area contributed by atoms with Crippen LogP contribution in [-0.2, 0) is 6.42 Å². The molecule has 3 rings (SSSR count). The van der Waals surface area contributed by atoms with E-state index < -0.39 is 0 Å². The molecule has 0 bridgehead atoms. The van der Waals surface area contributed by atoms with Crippen molar-refractivity contribution >= 4 is 11.9 Å². The van der Waals surface area contributed by atoms with Gasteiger partial charge in [0.2, 0.25) is 5.88 Å². The van der Waals surface area contributed by atoms with Gasteiger partial charge in [-0.25, -0.2) is 0 Å². The van der Waals surface area contributed by atoms with E-state index in [1.165, 1.54) is 0 Å². The van der Waals surface area contributed by atoms with Gasteiger partial charge in [-0.2, -0.15) is 4.98 Å². The molecule has 0 unspecified atom stereocenters. The van der Waals surface area contributed by atoms with Crippen LogP contribution in [0.2, 0.25) is 0 Å². The minimum Gasteiger partial charge on any atom is -0.437 e. The molecule has 0 radical (unpaired) electrons. The van der Waals surface area contributed by atoms with Gasteiger partial charge in [-0.05, 0) is 30.2 Å². The summed E-state index contributed by atoms with van der Waals surface area (Å²) in [4.78, 5) is 15.6. The van der Waals surface area contributed by atoms with Crippen LogP contribution in [0.25, 0.3) is 5.65 Å². The van der Waals surface area contributed by atoms with Gasteiger partial charge in [-0.3, -0.25) is 9.20 Å². The molecule has 2 aromatic heterocycles. The largest absolute Gasteiger partial charge is 0.437 e. The summed E-state index contributed by atoms with van der Waals surface area (Å²) in [5.74, 6) is 0.861. The molecule has 106 valence electrons. The SMILES string of the molecule is O=Cc1c(Oc2ccccc2CCO)nc2ccccn12. The van der Waals surface area contributed by atoms with Gasteiger partial charge >= 0.3 is 0 Å². The highest BCUT2D eigenvalue weighted by Gasteiger charge is 2.14. The second-order valence-corrected chi connectivity index (χ2v) is 4.53. The molecule has 1 N–H and O–H groups in total. The molecule has 5 heteroatoms. The fourth-order valence-electron chi connectivity index (χ4n) is 2.21. The number of hydrogen-bond donors (Lipinski definition) is 1. The number of aromatic nitrogens is 2. The Hall–Kier alpha value is -2.66. The van der Waals surface area contributed by atoms with Crippen molar-refractivity contribution in [1.82, 2.24) is 9.38 Å². The monoisotopic (exact) mass is 282 g/mol. The Morgan fingerprint density at radius 1 is 1.19 bits per heavy atom. The van der Waals surface area contributed by atoms with Crippen molar-refractivity contribution in [2.75, 3.05) is 6.61 Å². The number of carbonyl (C=O) groups excluding carboxylic acids is 1. The van der Waals surface area contributed by atoms with E-state index in [9.17, 15) is 4.79 Å². The molecule has 0 atom stereocenters. The van der Waals surface area contributed by atoms with Gasteiger partial charge in [-0.1, -0.05) is 24.3 Å². The summed E-state index contributed by atoms with van der Waals surface area (Å²) in [5, 5.41) is 9.09. The molecule has 0 aliphatic heterocycles. The van der Waals surface area contributed by atoms with Crippen molar-refractivity contribution in [1.29, 1.82) is 0 Å². The Balaban J connectivity index is 2.04. The fourth-order valence-corrected chi connectivity index (χ4v) is 2.21. The maximum absolute atomic E-state index is 11.3. The van der Waals surface area contributed by atoms with Crippen LogP contribution in [0.15, 0.2) is 48.7 Å². The summed E-state index contributed by atoms with van der Waals surface area (Å²) >= 11 is 0. The highest BCUT2D eigenvalue weighted by atomic mass is 16.5. The number of aliphatic hydroxyl groups excluding tert-OH is 1. The van der Waals surface area contributed by atoms with Crippen molar-refractivity contribution in [3.8, 4) is 11.6 Å². The molecule has 1 aromatic carbocycles. The van der Waals surface area contributed by atoms with Gasteiger partial charge in [0.25, 0.3) is 0 Å². The van der Waals surface area contributed by atoms with E-state index in [1.807, 2.05) is 30.3 Å². The van der Waals surface area contributed by atoms with E-state index in [0.717, 1.165) is 11.8 Å². The minimum absolute atomic E-state index is 0.0338. The molecule has 3 aromatic rings. The van der Waals surface area contributed by atoms with Crippen LogP contribution in [-0.4, -0.2) is 27.4 Å². The maximum Gasteiger partial charge on any atom is 0.249 e. The van der Waals surface area contributed by atoms with Crippen LogP contribution in [0.5, 0.6) is 11.6 Å². The van der Waals surface area contributed by atoms with Crippen molar-refractivity contribution in [2.24, 2.45) is 0 Å². The second-order valence-electron chi connectivity index (χ2n) is 4.53. The molecule has 0 fully saturated rings. The normalized spacial score (nSPS) is 10.7. The Kier molecular flexibility index (Phi) is 3.66. The van der Waals surface area contributed by atoms with Crippen molar-refractivity contribution in [3.05, 3.63) is 59.9 Å². The van der Waals surface area contributed by atoms with Crippen molar-refractivity contribution in [3.63, 3.8) is 0 Å². The number of pyridine rings is 1. The zero-order valence-electron chi connectivity index (χ0n) is 11.3. The molecular weight excluding hydrogens is 268 g/mol. The number of imidazole rings is 1. The molecular formula is C16H14N2O3. The van der Waals surface area contributed by atoms with E-state index in [2.05, 4.69) is 4.98 Å². The number of hydrogen-bond acceptors (Lipinski definition) is 4. The molecule has 0 aliphatic rings. The van der Waals surface area contributed by atoms with Crippen molar-refractivity contribution in [2.45, 2.75) is 6.42 Å². The fraction of sp³-hybridized carbons (Fsp3) is 0.125. The van der Waals surface area contributed by atoms with Gasteiger partial charge in [0.1, 0.15) is 11.4 Å². The number of benzene rings is 1. The van der Waals surface area contributed by atoms with Gasteiger partial charge < -0.3 is 9.84 Å². The van der Waals surface area contributed by atoms with Gasteiger partial charge in [0.15, 0.2) is 12.0 Å². The lowest BCUT2D eigenvalue weighted by molar-refractivity contribution is 0.111. The van der Waals surface area contributed by atoms with Crippen LogP contribution >= 0.6 is 0 Å². The first kappa shape index (κ1) is 13.3. The molecule has 0 spiro atoms. The van der Waals surface area contributed by atoms with E-state index in [0.29, 0.717) is 23.5 Å². The molecule has 2 heterocycles. The summed E-state index contributed by atoms with van der Waals surface area (Å²) in [5.41, 5.74) is 1.88. The first-order valence-electron chi connectivity index (χ1n) is 6.62. The first-order valence-corrected chi connectivity index (χ1v) is 6.62. The van der Waals surface area contributed by atoms with Gasteiger partial charge in [-0.15, -0.1) is 0 Å². The van der Waals surface area contributed by atoms with E-state index in [-0.39, 0.29) is 12.5 Å². The third-order valence-corrected chi connectivity index (χ3v) is 3.21. The summed E-state index contributed by atoms with van der Waals surface area (Å²) in [6, 6.07) is 12.9. The number of rotatable bonds is 5. The van der Waals surface area contributed by atoms with Gasteiger partial charge in [0, 0.05) is 12.8 Å². The van der Waals surface area contributed by atoms with E-state index in [1.54, 1.807) is 22.7 Å². The number of nitrogens with zero attached hydrogens (tertiary/aromatic N) is 2. The quantitative estimate of drug-likeness (QED) is 0.730. The highest BCUT2D eigenvalue weighted by molar-refractivity contribution is 5.78. The second kappa shape index (κ2) is 5.76. The third kappa shape index (κ3) is 2.51. The molecule has 0 aliphatic carbocycles. The number of aldehydes is 1. The van der Waals surface area contributed by atoms with Crippen LogP contribution in [0.3, 0.4) is 0 Å². The standard InChI is InChI=1S/C16H14N2O3/c19-10-8-12-5-1-2-6-14(12)21-16-13(11-20)18-9-4-3-7-15(18)17-16/h1-7,9,11,19H,8,10H2. The summed E-state index contributed by atoms with van der Waals surface area (Å²) in [6.45, 7) is 0.0338. The van der Waals surface area contributed by atoms with Crippen LogP contribution in [0, 0.1) is 0 Å². The third-order valence-electron chi connectivity index (χ3n) is 3.21. The first-order chi connectivity index (χ1) is 10.3. The molecule has 0 saturated heterocycles. The molecule has 21 heavy (non-hydrogen) atoms. The molecule has 0 amide bonds. The molecule has 0 saturated carbocycles. The Morgan fingerprint density at radius 2 is 2.00 bits per heavy atom. The van der Waals surface area contributed by atoms with Crippen molar-refractivity contribution < 1.29 is 14.6 Å². The number of para-hydroxylation sites is 1. The van der Waals surface area contributed by atoms with Crippen LogP contribution in [0.4, 0.5) is 0 Å². The average Bonchev–Trinajstić information content (AvgIpc) is 2.86. The average molecular weight is 282 g/mol.